The summed E-state index contributed by atoms with van der Waals surface area (Å²) in [6, 6.07) is 3.17. The summed E-state index contributed by atoms with van der Waals surface area (Å²) < 4.78 is 0. The molecule has 1 aromatic rings. The van der Waals surface area contributed by atoms with Crippen LogP contribution in [0.15, 0.2) is 29.7 Å². The number of rotatable bonds is 3. The average Bonchev–Trinajstić information content (AvgIpc) is 2.21. The molecule has 4 nitrogen and oxygen atoms in total. The number of carbonyl (C=O) groups is 1. The Balaban J connectivity index is 2.92. The molecule has 0 bridgehead atoms. The highest BCUT2D eigenvalue weighted by molar-refractivity contribution is 6.45. The van der Waals surface area contributed by atoms with E-state index in [1.54, 1.807) is 19.1 Å². The molecule has 0 saturated heterocycles. The summed E-state index contributed by atoms with van der Waals surface area (Å²) in [6.45, 7) is 1.76. The van der Waals surface area contributed by atoms with Crippen LogP contribution in [0, 0.1) is 0 Å². The summed E-state index contributed by atoms with van der Waals surface area (Å²) in [4.78, 5) is 15.3. The lowest BCUT2D eigenvalue weighted by molar-refractivity contribution is 0.105. The van der Waals surface area contributed by atoms with Crippen LogP contribution in [0.3, 0.4) is 0 Å². The van der Waals surface area contributed by atoms with Crippen LogP contribution in [-0.2, 0) is 0 Å². The molecule has 13 heavy (non-hydrogen) atoms. The zero-order valence-corrected chi connectivity index (χ0v) is 7.27. The van der Waals surface area contributed by atoms with E-state index in [1.807, 2.05) is 0 Å². The smallest absolute Gasteiger partial charge is 0.210 e. The van der Waals surface area contributed by atoms with Crippen molar-refractivity contribution in [2.24, 2.45) is 5.16 Å². The van der Waals surface area contributed by atoms with Gasteiger partial charge in [-0.3, -0.25) is 9.78 Å². The van der Waals surface area contributed by atoms with Crippen LogP contribution < -0.4 is 0 Å². The summed E-state index contributed by atoms with van der Waals surface area (Å²) in [6.07, 6.45) is 3.47. The highest BCUT2D eigenvalue weighted by Gasteiger charge is 2.11. The fourth-order valence-corrected chi connectivity index (χ4v) is 0.947. The maximum absolute atomic E-state index is 11.5. The molecule has 0 radical (unpaired) electrons. The number of ketones is 1. The molecule has 0 aliphatic carbocycles. The van der Waals surface area contributed by atoms with Crippen LogP contribution >= 0.6 is 0 Å². The summed E-state index contributed by atoms with van der Waals surface area (Å²) >= 11 is 0. The number of hydrogen-bond acceptors (Lipinski definition) is 4. The molecule has 0 aromatic carbocycles. The van der Waals surface area contributed by atoms with Gasteiger partial charge in [0.05, 0.1) is 0 Å². The van der Waals surface area contributed by atoms with Gasteiger partial charge in [0.1, 0.15) is 5.71 Å². The third-order valence-corrected chi connectivity index (χ3v) is 1.66. The summed E-state index contributed by atoms with van der Waals surface area (Å²) in [5.41, 5.74) is 0.649. The molecule has 0 aliphatic heterocycles. The van der Waals surface area contributed by atoms with Crippen LogP contribution in [-0.4, -0.2) is 21.7 Å². The normalized spacial score (nSPS) is 11.3. The molecule has 1 N–H and O–H groups in total. The molecule has 4 heteroatoms. The number of Topliss-reactive ketones (excluding diaryl/α,β-unsaturated/α-hetero) is 1. The Hall–Kier alpha value is -1.71. The molecule has 0 unspecified atom stereocenters. The molecule has 1 rings (SSSR count). The SMILES string of the molecule is CC/C(=N\O)C(=O)c1ccncc1. The molecule has 0 fully saturated rings. The molecule has 0 atom stereocenters. The van der Waals surface area contributed by atoms with E-state index in [4.69, 9.17) is 5.21 Å². The van der Waals surface area contributed by atoms with Crippen molar-refractivity contribution < 1.29 is 10.0 Å². The Morgan fingerprint density at radius 2 is 2.15 bits per heavy atom. The molecule has 1 aromatic heterocycles. The first kappa shape index (κ1) is 9.38. The van der Waals surface area contributed by atoms with Crippen molar-refractivity contribution in [3.8, 4) is 0 Å². The largest absolute Gasteiger partial charge is 0.411 e. The van der Waals surface area contributed by atoms with E-state index in [-0.39, 0.29) is 11.5 Å². The zero-order chi connectivity index (χ0) is 9.68. The minimum Gasteiger partial charge on any atom is -0.411 e. The van der Waals surface area contributed by atoms with Gasteiger partial charge < -0.3 is 5.21 Å². The van der Waals surface area contributed by atoms with E-state index in [0.29, 0.717) is 12.0 Å². The van der Waals surface area contributed by atoms with Gasteiger partial charge in [0.25, 0.3) is 0 Å². The molecule has 0 saturated carbocycles. The zero-order valence-electron chi connectivity index (χ0n) is 7.27. The first-order chi connectivity index (χ1) is 6.29. The molecular formula is C9H10N2O2. The highest BCUT2D eigenvalue weighted by atomic mass is 16.4. The topological polar surface area (TPSA) is 62.6 Å². The van der Waals surface area contributed by atoms with Crippen LogP contribution in [0.25, 0.3) is 0 Å². The van der Waals surface area contributed by atoms with Gasteiger partial charge in [-0.15, -0.1) is 0 Å². The molecule has 0 aliphatic rings. The lowest BCUT2D eigenvalue weighted by atomic mass is 10.1. The second kappa shape index (κ2) is 4.35. The van der Waals surface area contributed by atoms with Gasteiger partial charge in [-0.05, 0) is 18.6 Å². The van der Waals surface area contributed by atoms with Crippen molar-refractivity contribution in [1.82, 2.24) is 4.98 Å². The van der Waals surface area contributed by atoms with E-state index >= 15 is 0 Å². The van der Waals surface area contributed by atoms with Crippen molar-refractivity contribution in [2.45, 2.75) is 13.3 Å². The summed E-state index contributed by atoms with van der Waals surface area (Å²) in [7, 11) is 0. The van der Waals surface area contributed by atoms with E-state index in [1.165, 1.54) is 12.4 Å². The standard InChI is InChI=1S/C9H10N2O2/c1-2-8(11-13)9(12)7-3-5-10-6-4-7/h3-6,13H,2H2,1H3/b11-8+. The molecular weight excluding hydrogens is 168 g/mol. The van der Waals surface area contributed by atoms with Gasteiger partial charge in [0, 0.05) is 18.0 Å². The maximum atomic E-state index is 11.5. The van der Waals surface area contributed by atoms with E-state index in [9.17, 15) is 4.79 Å². The number of aromatic nitrogens is 1. The Morgan fingerprint density at radius 3 is 2.62 bits per heavy atom. The highest BCUT2D eigenvalue weighted by Crippen LogP contribution is 2.01. The Morgan fingerprint density at radius 1 is 1.54 bits per heavy atom. The summed E-state index contributed by atoms with van der Waals surface area (Å²) in [5.74, 6) is -0.257. The lowest BCUT2D eigenvalue weighted by Gasteiger charge is -1.98. The van der Waals surface area contributed by atoms with Gasteiger partial charge >= 0.3 is 0 Å². The van der Waals surface area contributed by atoms with Crippen molar-refractivity contribution in [2.75, 3.05) is 0 Å². The van der Waals surface area contributed by atoms with Crippen LogP contribution in [0.5, 0.6) is 0 Å². The van der Waals surface area contributed by atoms with Crippen molar-refractivity contribution in [3.05, 3.63) is 30.1 Å². The average molecular weight is 178 g/mol. The number of pyridine rings is 1. The monoisotopic (exact) mass is 178 g/mol. The van der Waals surface area contributed by atoms with Gasteiger partial charge in [-0.25, -0.2) is 0 Å². The maximum Gasteiger partial charge on any atom is 0.210 e. The Labute approximate surface area is 75.9 Å². The molecule has 1 heterocycles. The second-order valence-corrected chi connectivity index (χ2v) is 2.47. The first-order valence-corrected chi connectivity index (χ1v) is 3.95. The molecule has 0 amide bonds. The summed E-state index contributed by atoms with van der Waals surface area (Å²) in [5, 5.41) is 11.4. The third kappa shape index (κ3) is 2.11. The van der Waals surface area contributed by atoms with E-state index in [0.717, 1.165) is 0 Å². The van der Waals surface area contributed by atoms with Crippen molar-refractivity contribution >= 4 is 11.5 Å². The predicted octanol–water partition coefficient (Wildman–Crippen LogP) is 1.50. The minimum absolute atomic E-state index is 0.159. The minimum atomic E-state index is -0.257. The Kier molecular flexibility index (Phi) is 3.14. The third-order valence-electron chi connectivity index (χ3n) is 1.66. The van der Waals surface area contributed by atoms with Gasteiger partial charge in [0.2, 0.25) is 5.78 Å². The Bertz CT molecular complexity index is 320. The first-order valence-electron chi connectivity index (χ1n) is 3.95. The number of oxime groups is 1. The fourth-order valence-electron chi connectivity index (χ4n) is 0.947. The predicted molar refractivity (Wildman–Crippen MR) is 48.1 cm³/mol. The number of carbonyl (C=O) groups excluding carboxylic acids is 1. The second-order valence-electron chi connectivity index (χ2n) is 2.47. The van der Waals surface area contributed by atoms with Gasteiger partial charge in [-0.1, -0.05) is 12.1 Å². The van der Waals surface area contributed by atoms with Crippen LogP contribution in [0.4, 0.5) is 0 Å². The fraction of sp³-hybridized carbons (Fsp3) is 0.222. The van der Waals surface area contributed by atoms with Crippen molar-refractivity contribution in [3.63, 3.8) is 0 Å². The molecule has 68 valence electrons. The van der Waals surface area contributed by atoms with Gasteiger partial charge in [-0.2, -0.15) is 0 Å². The van der Waals surface area contributed by atoms with Crippen LogP contribution in [0.1, 0.15) is 23.7 Å². The quantitative estimate of drug-likeness (QED) is 0.330. The van der Waals surface area contributed by atoms with E-state index in [2.05, 4.69) is 10.1 Å². The molecule has 0 spiro atoms. The van der Waals surface area contributed by atoms with E-state index < -0.39 is 0 Å². The number of hydrogen-bond donors (Lipinski definition) is 1. The van der Waals surface area contributed by atoms with Gasteiger partial charge in [0.15, 0.2) is 0 Å². The number of nitrogens with zero attached hydrogens (tertiary/aromatic N) is 2. The van der Waals surface area contributed by atoms with Crippen LogP contribution in [0.2, 0.25) is 0 Å². The van der Waals surface area contributed by atoms with Crippen molar-refractivity contribution in [1.29, 1.82) is 0 Å². The lowest BCUT2D eigenvalue weighted by Crippen LogP contribution is -2.13.